The molecule has 0 saturated carbocycles. The predicted octanol–water partition coefficient (Wildman–Crippen LogP) is 4.32. The Bertz CT molecular complexity index is 1480. The lowest BCUT2D eigenvalue weighted by atomic mass is 10.1. The van der Waals surface area contributed by atoms with E-state index in [4.69, 9.17) is 25.5 Å². The van der Waals surface area contributed by atoms with E-state index in [1.165, 1.54) is 0 Å². The Morgan fingerprint density at radius 2 is 1.42 bits per heavy atom. The van der Waals surface area contributed by atoms with Crippen LogP contribution in [0.2, 0.25) is 0 Å². The van der Waals surface area contributed by atoms with E-state index in [0.29, 0.717) is 30.6 Å². The number of fused-ring (bicyclic) bond motifs is 1. The number of nitrogens with two attached hydrogens (primary N) is 1. The van der Waals surface area contributed by atoms with Gasteiger partial charge in [-0.3, -0.25) is 4.90 Å². The second kappa shape index (κ2) is 10.9. The Kier molecular flexibility index (Phi) is 6.87. The van der Waals surface area contributed by atoms with Crippen LogP contribution in [0.25, 0.3) is 22.3 Å². The Morgan fingerprint density at radius 3 is 2.13 bits per heavy atom. The van der Waals surface area contributed by atoms with Crippen molar-refractivity contribution in [1.29, 1.82) is 0 Å². The van der Waals surface area contributed by atoms with Crippen molar-refractivity contribution >= 4 is 22.8 Å². The van der Waals surface area contributed by atoms with Crippen molar-refractivity contribution in [2.24, 2.45) is 0 Å². The van der Waals surface area contributed by atoms with Gasteiger partial charge in [-0.05, 0) is 17.7 Å². The van der Waals surface area contributed by atoms with Crippen LogP contribution in [0.15, 0.2) is 91.0 Å². The van der Waals surface area contributed by atoms with Gasteiger partial charge in [0.2, 0.25) is 5.95 Å². The van der Waals surface area contributed by atoms with Crippen LogP contribution in [0.5, 0.6) is 5.75 Å². The number of aromatic nitrogens is 4. The molecular formula is C30H31N7O. The smallest absolute Gasteiger partial charge is 0.228 e. The molecule has 1 aliphatic heterocycles. The third-order valence-corrected chi connectivity index (χ3v) is 6.92. The molecule has 1 aliphatic rings. The summed E-state index contributed by atoms with van der Waals surface area (Å²) in [6.07, 6.45) is 0. The van der Waals surface area contributed by atoms with Crippen LogP contribution in [-0.4, -0.2) is 64.0 Å². The first kappa shape index (κ1) is 23.9. The number of para-hydroxylation sites is 1. The molecular weight excluding hydrogens is 474 g/mol. The van der Waals surface area contributed by atoms with E-state index >= 15 is 0 Å². The highest BCUT2D eigenvalue weighted by Crippen LogP contribution is 2.32. The van der Waals surface area contributed by atoms with Crippen LogP contribution >= 0.6 is 0 Å². The molecule has 3 heterocycles. The summed E-state index contributed by atoms with van der Waals surface area (Å²) in [5.74, 6) is 2.19. The predicted molar refractivity (Wildman–Crippen MR) is 151 cm³/mol. The standard InChI is InChI=1S/C30H31N7O/c31-28-26-27(24-12-6-2-7-13-24)32-30(33-29(26)34-37(28)22-23-10-4-1-5-11-23)36-18-16-35(17-19-36)20-21-38-25-14-8-3-9-15-25/h1-15H,16-22,31H2. The number of hydrogen-bond donors (Lipinski definition) is 1. The minimum absolute atomic E-state index is 0.580. The van der Waals surface area contributed by atoms with Crippen molar-refractivity contribution in [1.82, 2.24) is 24.6 Å². The average Bonchev–Trinajstić information content (AvgIpc) is 3.29. The number of ether oxygens (including phenoxy) is 1. The van der Waals surface area contributed by atoms with Gasteiger partial charge in [-0.15, -0.1) is 5.10 Å². The highest BCUT2D eigenvalue weighted by molar-refractivity contribution is 5.99. The van der Waals surface area contributed by atoms with E-state index in [1.54, 1.807) is 0 Å². The second-order valence-corrected chi connectivity index (χ2v) is 9.46. The zero-order valence-electron chi connectivity index (χ0n) is 21.3. The molecule has 0 radical (unpaired) electrons. The van der Waals surface area contributed by atoms with Crippen LogP contribution in [0, 0.1) is 0 Å². The zero-order chi connectivity index (χ0) is 25.7. The fourth-order valence-electron chi connectivity index (χ4n) is 4.85. The van der Waals surface area contributed by atoms with Crippen LogP contribution in [-0.2, 0) is 6.54 Å². The quantitative estimate of drug-likeness (QED) is 0.336. The van der Waals surface area contributed by atoms with Crippen molar-refractivity contribution in [3.05, 3.63) is 96.6 Å². The summed E-state index contributed by atoms with van der Waals surface area (Å²) < 4.78 is 7.72. The van der Waals surface area contributed by atoms with Gasteiger partial charge >= 0.3 is 0 Å². The third kappa shape index (κ3) is 5.17. The minimum atomic E-state index is 0.580. The molecule has 8 nitrogen and oxygen atoms in total. The molecule has 2 aromatic heterocycles. The Morgan fingerprint density at radius 1 is 0.763 bits per heavy atom. The van der Waals surface area contributed by atoms with Crippen molar-refractivity contribution in [3.63, 3.8) is 0 Å². The zero-order valence-corrected chi connectivity index (χ0v) is 21.3. The molecule has 0 unspecified atom stereocenters. The molecule has 192 valence electrons. The molecule has 0 spiro atoms. The van der Waals surface area contributed by atoms with Crippen LogP contribution < -0.4 is 15.4 Å². The first-order valence-electron chi connectivity index (χ1n) is 13.0. The molecule has 0 amide bonds. The maximum atomic E-state index is 6.65. The van der Waals surface area contributed by atoms with Crippen LogP contribution in [0.1, 0.15) is 5.56 Å². The number of piperazine rings is 1. The Hall–Kier alpha value is -4.43. The molecule has 5 aromatic rings. The van der Waals surface area contributed by atoms with Gasteiger partial charge in [-0.2, -0.15) is 4.98 Å². The number of nitrogens with zero attached hydrogens (tertiary/aromatic N) is 6. The lowest BCUT2D eigenvalue weighted by Crippen LogP contribution is -2.48. The van der Waals surface area contributed by atoms with Gasteiger partial charge in [-0.25, -0.2) is 9.67 Å². The summed E-state index contributed by atoms with van der Waals surface area (Å²) in [4.78, 5) is 14.6. The summed E-state index contributed by atoms with van der Waals surface area (Å²) in [6, 6.07) is 30.3. The third-order valence-electron chi connectivity index (χ3n) is 6.92. The number of rotatable bonds is 8. The summed E-state index contributed by atoms with van der Waals surface area (Å²) in [5.41, 5.74) is 10.2. The van der Waals surface area contributed by atoms with Gasteiger partial charge in [0.05, 0.1) is 17.6 Å². The maximum absolute atomic E-state index is 6.65. The summed E-state index contributed by atoms with van der Waals surface area (Å²) in [5, 5.41) is 5.62. The topological polar surface area (TPSA) is 85.3 Å². The maximum Gasteiger partial charge on any atom is 0.228 e. The van der Waals surface area contributed by atoms with Crippen molar-refractivity contribution in [2.45, 2.75) is 6.54 Å². The second-order valence-electron chi connectivity index (χ2n) is 9.46. The first-order valence-corrected chi connectivity index (χ1v) is 13.0. The van der Waals surface area contributed by atoms with Crippen molar-refractivity contribution < 1.29 is 4.74 Å². The number of anilines is 2. The first-order chi connectivity index (χ1) is 18.7. The molecule has 38 heavy (non-hydrogen) atoms. The van der Waals surface area contributed by atoms with Crippen LogP contribution in [0.4, 0.5) is 11.8 Å². The van der Waals surface area contributed by atoms with Crippen molar-refractivity contribution in [2.75, 3.05) is 50.0 Å². The molecule has 2 N–H and O–H groups in total. The normalized spacial score (nSPS) is 14.2. The molecule has 3 aromatic carbocycles. The van der Waals surface area contributed by atoms with E-state index < -0.39 is 0 Å². The van der Waals surface area contributed by atoms with E-state index in [2.05, 4.69) is 34.1 Å². The van der Waals surface area contributed by atoms with Gasteiger partial charge in [0.25, 0.3) is 0 Å². The Balaban J connectivity index is 1.23. The number of benzene rings is 3. The molecule has 1 fully saturated rings. The lowest BCUT2D eigenvalue weighted by Gasteiger charge is -2.34. The highest BCUT2D eigenvalue weighted by atomic mass is 16.5. The van der Waals surface area contributed by atoms with Crippen molar-refractivity contribution in [3.8, 4) is 17.0 Å². The monoisotopic (exact) mass is 505 g/mol. The largest absolute Gasteiger partial charge is 0.492 e. The van der Waals surface area contributed by atoms with Gasteiger partial charge < -0.3 is 15.4 Å². The lowest BCUT2D eigenvalue weighted by molar-refractivity contribution is 0.200. The van der Waals surface area contributed by atoms with Crippen LogP contribution in [0.3, 0.4) is 0 Å². The average molecular weight is 506 g/mol. The number of hydrogen-bond acceptors (Lipinski definition) is 7. The van der Waals surface area contributed by atoms with E-state index in [0.717, 1.165) is 60.7 Å². The molecule has 1 saturated heterocycles. The molecule has 0 atom stereocenters. The fourth-order valence-corrected chi connectivity index (χ4v) is 4.85. The fraction of sp³-hybridized carbons (Fsp3) is 0.233. The van der Waals surface area contributed by atoms with E-state index in [9.17, 15) is 0 Å². The summed E-state index contributed by atoms with van der Waals surface area (Å²) in [6.45, 7) is 5.66. The van der Waals surface area contributed by atoms with Gasteiger partial charge in [0, 0.05) is 38.3 Å². The van der Waals surface area contributed by atoms with Gasteiger partial charge in [0.15, 0.2) is 5.65 Å². The SMILES string of the molecule is Nc1c2c(-c3ccccc3)nc(N3CCN(CCOc4ccccc4)CC3)nc2nn1Cc1ccccc1. The summed E-state index contributed by atoms with van der Waals surface area (Å²) >= 11 is 0. The molecule has 8 heteroatoms. The highest BCUT2D eigenvalue weighted by Gasteiger charge is 2.23. The van der Waals surface area contributed by atoms with E-state index in [1.807, 2.05) is 71.4 Å². The van der Waals surface area contributed by atoms with Gasteiger partial charge in [-0.1, -0.05) is 78.9 Å². The van der Waals surface area contributed by atoms with Gasteiger partial charge in [0.1, 0.15) is 18.2 Å². The molecule has 6 rings (SSSR count). The molecule has 0 aliphatic carbocycles. The minimum Gasteiger partial charge on any atom is -0.492 e. The summed E-state index contributed by atoms with van der Waals surface area (Å²) in [7, 11) is 0. The Labute approximate surface area is 222 Å². The van der Waals surface area contributed by atoms with E-state index in [-0.39, 0.29) is 0 Å². The molecule has 0 bridgehead atoms. The number of nitrogen functional groups attached to an aromatic ring is 1.